The van der Waals surface area contributed by atoms with Crippen LogP contribution in [0.3, 0.4) is 0 Å². The summed E-state index contributed by atoms with van der Waals surface area (Å²) < 4.78 is 0.979. The van der Waals surface area contributed by atoms with Crippen LogP contribution in [0.1, 0.15) is 18.9 Å². The fourth-order valence-corrected chi connectivity index (χ4v) is 2.95. The molecule has 1 heterocycles. The SMILES string of the molecule is CCC1C(=O)NCCN1Cc1cc(N)cc(Br)c1. The molecule has 4 nitrogen and oxygen atoms in total. The third-order valence-corrected chi connectivity index (χ3v) is 3.65. The van der Waals surface area contributed by atoms with E-state index in [-0.39, 0.29) is 11.9 Å². The van der Waals surface area contributed by atoms with E-state index >= 15 is 0 Å². The fourth-order valence-electron chi connectivity index (χ4n) is 2.40. The molecule has 1 unspecified atom stereocenters. The molecule has 1 atom stereocenters. The van der Waals surface area contributed by atoms with Crippen molar-refractivity contribution in [3.8, 4) is 0 Å². The van der Waals surface area contributed by atoms with Crippen LogP contribution in [0.4, 0.5) is 5.69 Å². The normalized spacial score (nSPS) is 20.8. The van der Waals surface area contributed by atoms with Gasteiger partial charge in [-0.2, -0.15) is 0 Å². The minimum Gasteiger partial charge on any atom is -0.399 e. The first-order valence-corrected chi connectivity index (χ1v) is 6.96. The molecule has 5 heteroatoms. The number of nitrogens with one attached hydrogen (secondary N) is 1. The average molecular weight is 312 g/mol. The van der Waals surface area contributed by atoms with E-state index < -0.39 is 0 Å². The maximum Gasteiger partial charge on any atom is 0.237 e. The van der Waals surface area contributed by atoms with Crippen molar-refractivity contribution in [2.24, 2.45) is 0 Å². The Bertz CT molecular complexity index is 430. The van der Waals surface area contributed by atoms with Gasteiger partial charge in [-0.15, -0.1) is 0 Å². The highest BCUT2D eigenvalue weighted by Crippen LogP contribution is 2.20. The number of carbonyl (C=O) groups excluding carboxylic acids is 1. The van der Waals surface area contributed by atoms with Gasteiger partial charge in [-0.25, -0.2) is 0 Å². The second-order valence-electron chi connectivity index (χ2n) is 4.58. The minimum absolute atomic E-state index is 0.0287. The zero-order valence-electron chi connectivity index (χ0n) is 10.4. The van der Waals surface area contributed by atoms with E-state index in [1.807, 2.05) is 19.1 Å². The lowest BCUT2D eigenvalue weighted by Gasteiger charge is -2.34. The Hall–Kier alpha value is -1.07. The number of amides is 1. The molecule has 2 rings (SSSR count). The number of halogens is 1. The highest BCUT2D eigenvalue weighted by Gasteiger charge is 2.27. The summed E-state index contributed by atoms with van der Waals surface area (Å²) in [6.07, 6.45) is 0.829. The first-order valence-electron chi connectivity index (χ1n) is 6.17. The van der Waals surface area contributed by atoms with Gasteiger partial charge in [-0.05, 0) is 30.2 Å². The Balaban J connectivity index is 2.14. The molecule has 1 aliphatic heterocycles. The molecule has 0 saturated carbocycles. The molecule has 0 aromatic heterocycles. The van der Waals surface area contributed by atoms with E-state index in [0.29, 0.717) is 0 Å². The second-order valence-corrected chi connectivity index (χ2v) is 5.49. The maximum absolute atomic E-state index is 11.8. The van der Waals surface area contributed by atoms with Gasteiger partial charge in [0.15, 0.2) is 0 Å². The van der Waals surface area contributed by atoms with Crippen molar-refractivity contribution >= 4 is 27.5 Å². The van der Waals surface area contributed by atoms with Crippen LogP contribution in [0.2, 0.25) is 0 Å². The smallest absolute Gasteiger partial charge is 0.237 e. The molecule has 1 aromatic rings. The van der Waals surface area contributed by atoms with Crippen molar-refractivity contribution in [1.29, 1.82) is 0 Å². The number of hydrogen-bond acceptors (Lipinski definition) is 3. The van der Waals surface area contributed by atoms with Crippen LogP contribution in [0.15, 0.2) is 22.7 Å². The predicted molar refractivity (Wildman–Crippen MR) is 76.1 cm³/mol. The van der Waals surface area contributed by atoms with E-state index in [1.54, 1.807) is 0 Å². The van der Waals surface area contributed by atoms with Gasteiger partial charge < -0.3 is 11.1 Å². The number of rotatable bonds is 3. The fraction of sp³-hybridized carbons (Fsp3) is 0.462. The van der Waals surface area contributed by atoms with Crippen molar-refractivity contribution in [1.82, 2.24) is 10.2 Å². The van der Waals surface area contributed by atoms with E-state index in [2.05, 4.69) is 32.2 Å². The molecule has 0 spiro atoms. The largest absolute Gasteiger partial charge is 0.399 e. The number of nitrogens with two attached hydrogens (primary N) is 1. The lowest BCUT2D eigenvalue weighted by atomic mass is 10.1. The highest BCUT2D eigenvalue weighted by atomic mass is 79.9. The molecule has 0 bridgehead atoms. The molecule has 1 amide bonds. The van der Waals surface area contributed by atoms with Crippen molar-refractivity contribution in [3.05, 3.63) is 28.2 Å². The van der Waals surface area contributed by atoms with Crippen LogP contribution in [0.5, 0.6) is 0 Å². The summed E-state index contributed by atoms with van der Waals surface area (Å²) in [6, 6.07) is 5.86. The van der Waals surface area contributed by atoms with Crippen LogP contribution in [0.25, 0.3) is 0 Å². The summed E-state index contributed by atoms with van der Waals surface area (Å²) in [5.41, 5.74) is 7.71. The molecule has 1 aliphatic rings. The van der Waals surface area contributed by atoms with Crippen molar-refractivity contribution in [2.45, 2.75) is 25.9 Å². The molecule has 3 N–H and O–H groups in total. The number of nitrogens with zero attached hydrogens (tertiary/aromatic N) is 1. The summed E-state index contributed by atoms with van der Waals surface area (Å²) in [6.45, 7) is 4.41. The molecular formula is C13H18BrN3O. The Morgan fingerprint density at radius 3 is 2.94 bits per heavy atom. The lowest BCUT2D eigenvalue weighted by molar-refractivity contribution is -0.129. The maximum atomic E-state index is 11.8. The van der Waals surface area contributed by atoms with Gasteiger partial charge in [0.05, 0.1) is 6.04 Å². The third-order valence-electron chi connectivity index (χ3n) is 3.19. The Kier molecular flexibility index (Phi) is 4.24. The number of nitrogen functional groups attached to an aromatic ring is 1. The average Bonchev–Trinajstić information content (AvgIpc) is 2.27. The Labute approximate surface area is 116 Å². The standard InChI is InChI=1S/C13H18BrN3O/c1-2-12-13(18)16-3-4-17(12)8-9-5-10(14)7-11(15)6-9/h5-7,12H,2-4,8,15H2,1H3,(H,16,18). The summed E-state index contributed by atoms with van der Waals surface area (Å²) in [7, 11) is 0. The van der Waals surface area contributed by atoms with Gasteiger partial charge in [-0.3, -0.25) is 9.69 Å². The third kappa shape index (κ3) is 3.03. The number of piperazine rings is 1. The lowest BCUT2D eigenvalue weighted by Crippen LogP contribution is -2.54. The molecular weight excluding hydrogens is 294 g/mol. The molecule has 1 aromatic carbocycles. The van der Waals surface area contributed by atoms with Crippen molar-refractivity contribution in [2.75, 3.05) is 18.8 Å². The molecule has 1 fully saturated rings. The summed E-state index contributed by atoms with van der Waals surface area (Å²) in [5.74, 6) is 0.131. The number of carbonyl (C=O) groups is 1. The van der Waals surface area contributed by atoms with E-state index in [0.717, 1.165) is 41.8 Å². The predicted octanol–water partition coefficient (Wildman–Crippen LogP) is 1.74. The van der Waals surface area contributed by atoms with E-state index in [4.69, 9.17) is 5.73 Å². The van der Waals surface area contributed by atoms with Crippen molar-refractivity contribution in [3.63, 3.8) is 0 Å². The molecule has 0 aliphatic carbocycles. The molecule has 98 valence electrons. The van der Waals surface area contributed by atoms with Gasteiger partial charge in [0.2, 0.25) is 5.91 Å². The summed E-state index contributed by atoms with van der Waals surface area (Å²) in [4.78, 5) is 14.0. The van der Waals surface area contributed by atoms with E-state index in [1.165, 1.54) is 0 Å². The van der Waals surface area contributed by atoms with Crippen LogP contribution in [0, 0.1) is 0 Å². The highest BCUT2D eigenvalue weighted by molar-refractivity contribution is 9.10. The first-order chi connectivity index (χ1) is 8.60. The van der Waals surface area contributed by atoms with Gasteiger partial charge in [0.25, 0.3) is 0 Å². The molecule has 0 radical (unpaired) electrons. The van der Waals surface area contributed by atoms with Gasteiger partial charge in [0, 0.05) is 29.8 Å². The van der Waals surface area contributed by atoms with Gasteiger partial charge in [0.1, 0.15) is 0 Å². The number of anilines is 1. The van der Waals surface area contributed by atoms with Gasteiger partial charge >= 0.3 is 0 Å². The number of benzene rings is 1. The zero-order valence-corrected chi connectivity index (χ0v) is 12.0. The van der Waals surface area contributed by atoms with Gasteiger partial charge in [-0.1, -0.05) is 22.9 Å². The van der Waals surface area contributed by atoms with Crippen LogP contribution in [-0.4, -0.2) is 29.9 Å². The zero-order chi connectivity index (χ0) is 13.1. The summed E-state index contributed by atoms with van der Waals surface area (Å²) in [5, 5.41) is 2.91. The molecule has 18 heavy (non-hydrogen) atoms. The Morgan fingerprint density at radius 1 is 1.50 bits per heavy atom. The first kappa shape index (κ1) is 13.4. The molecule has 1 saturated heterocycles. The monoisotopic (exact) mass is 311 g/mol. The minimum atomic E-state index is -0.0287. The van der Waals surface area contributed by atoms with Crippen LogP contribution < -0.4 is 11.1 Å². The number of hydrogen-bond donors (Lipinski definition) is 2. The van der Waals surface area contributed by atoms with E-state index in [9.17, 15) is 4.79 Å². The quantitative estimate of drug-likeness (QED) is 0.836. The van der Waals surface area contributed by atoms with Crippen LogP contribution >= 0.6 is 15.9 Å². The van der Waals surface area contributed by atoms with Crippen LogP contribution in [-0.2, 0) is 11.3 Å². The Morgan fingerprint density at radius 2 is 2.28 bits per heavy atom. The van der Waals surface area contributed by atoms with Crippen molar-refractivity contribution < 1.29 is 4.79 Å². The second kappa shape index (κ2) is 5.71. The topological polar surface area (TPSA) is 58.4 Å². The summed E-state index contributed by atoms with van der Waals surface area (Å²) >= 11 is 3.44.